The monoisotopic (exact) mass is 390 g/mol. The predicted molar refractivity (Wildman–Crippen MR) is 104 cm³/mol. The van der Waals surface area contributed by atoms with Crippen LogP contribution in [0.5, 0.6) is 0 Å². The van der Waals surface area contributed by atoms with Crippen LogP contribution in [-0.4, -0.2) is 70.3 Å². The van der Waals surface area contributed by atoms with Gasteiger partial charge in [0.1, 0.15) is 17.1 Å². The van der Waals surface area contributed by atoms with Gasteiger partial charge in [-0.25, -0.2) is 14.8 Å². The first-order valence-corrected chi connectivity index (χ1v) is 9.65. The number of rotatable bonds is 4. The minimum Gasteiger partial charge on any atom is -0.465 e. The van der Waals surface area contributed by atoms with Gasteiger partial charge in [0.25, 0.3) is 5.91 Å². The first-order valence-electron chi connectivity index (χ1n) is 9.65. The molecule has 0 N–H and O–H groups in total. The lowest BCUT2D eigenvalue weighted by Crippen LogP contribution is -2.56. The Bertz CT molecular complexity index is 776. The molecule has 28 heavy (non-hydrogen) atoms. The zero-order valence-electron chi connectivity index (χ0n) is 17.8. The number of hydrogen-bond donors (Lipinski definition) is 0. The molecule has 2 rings (SSSR count). The lowest BCUT2D eigenvalue weighted by atomic mass is 10.0. The third kappa shape index (κ3) is 4.31. The Balaban J connectivity index is 2.37. The van der Waals surface area contributed by atoms with E-state index in [2.05, 4.69) is 9.97 Å². The Hall–Kier alpha value is -2.51. The second-order valence-electron chi connectivity index (χ2n) is 7.81. The van der Waals surface area contributed by atoms with E-state index in [0.29, 0.717) is 31.2 Å². The molecule has 154 valence electrons. The zero-order valence-corrected chi connectivity index (χ0v) is 17.8. The number of amides is 2. The summed E-state index contributed by atoms with van der Waals surface area (Å²) in [5, 5.41) is 0. The molecular weight excluding hydrogens is 360 g/mol. The van der Waals surface area contributed by atoms with Crippen molar-refractivity contribution < 1.29 is 19.1 Å². The summed E-state index contributed by atoms with van der Waals surface area (Å²) in [5.41, 5.74) is 0.699. The smallest absolute Gasteiger partial charge is 0.342 e. The number of piperazine rings is 1. The number of aryl methyl sites for hydroxylation is 1. The zero-order chi connectivity index (χ0) is 21.2. The summed E-state index contributed by atoms with van der Waals surface area (Å²) < 4.78 is 4.90. The van der Waals surface area contributed by atoms with Crippen LogP contribution >= 0.6 is 0 Å². The summed E-state index contributed by atoms with van der Waals surface area (Å²) >= 11 is 0. The fraction of sp³-hybridized carbons (Fsp3) is 0.650. The maximum Gasteiger partial charge on any atom is 0.342 e. The van der Waals surface area contributed by atoms with Crippen LogP contribution in [0, 0.1) is 12.8 Å². The van der Waals surface area contributed by atoms with E-state index < -0.39 is 5.97 Å². The van der Waals surface area contributed by atoms with E-state index in [0.717, 1.165) is 0 Å². The lowest BCUT2D eigenvalue weighted by Gasteiger charge is -2.40. The van der Waals surface area contributed by atoms with Crippen molar-refractivity contribution in [3.05, 3.63) is 22.8 Å². The van der Waals surface area contributed by atoms with Crippen molar-refractivity contribution in [1.29, 1.82) is 0 Å². The van der Waals surface area contributed by atoms with E-state index in [1.165, 1.54) is 7.11 Å². The Kier molecular flexibility index (Phi) is 6.74. The molecule has 1 aliphatic heterocycles. The predicted octanol–water partition coefficient (Wildman–Crippen LogP) is 2.02. The highest BCUT2D eigenvalue weighted by atomic mass is 16.5. The van der Waals surface area contributed by atoms with Gasteiger partial charge in [0.15, 0.2) is 0 Å². The molecule has 2 heterocycles. The SMILES string of the molecule is COC(=O)c1c(C(=O)N2CCN(C(=O)C(C)C)C(C)C2)nc(C)nc1C(C)C. The highest BCUT2D eigenvalue weighted by molar-refractivity contribution is 6.04. The summed E-state index contributed by atoms with van der Waals surface area (Å²) in [6.45, 7) is 12.4. The number of esters is 1. The summed E-state index contributed by atoms with van der Waals surface area (Å²) in [6.07, 6.45) is 0. The Morgan fingerprint density at radius 3 is 2.25 bits per heavy atom. The standard InChI is InChI=1S/C20H30N4O4/c1-11(2)16-15(20(27)28-7)17(22-14(6)21-16)19(26)23-8-9-24(13(5)10-23)18(25)12(3)4/h11-13H,8-10H2,1-7H3. The number of nitrogens with zero attached hydrogens (tertiary/aromatic N) is 4. The van der Waals surface area contributed by atoms with Crippen LogP contribution in [0.3, 0.4) is 0 Å². The number of ether oxygens (including phenoxy) is 1. The Morgan fingerprint density at radius 2 is 1.75 bits per heavy atom. The third-order valence-corrected chi connectivity index (χ3v) is 4.88. The molecule has 1 aromatic heterocycles. The molecule has 1 saturated heterocycles. The number of methoxy groups -OCH3 is 1. The van der Waals surface area contributed by atoms with E-state index in [1.54, 1.807) is 16.7 Å². The molecule has 0 saturated carbocycles. The molecule has 2 amide bonds. The molecule has 8 nitrogen and oxygen atoms in total. The molecule has 1 atom stereocenters. The van der Waals surface area contributed by atoms with Crippen LogP contribution in [0.2, 0.25) is 0 Å². The van der Waals surface area contributed by atoms with Crippen molar-refractivity contribution in [3.63, 3.8) is 0 Å². The molecule has 0 spiro atoms. The molecule has 0 radical (unpaired) electrons. The van der Waals surface area contributed by atoms with Crippen molar-refractivity contribution in [2.75, 3.05) is 26.7 Å². The largest absolute Gasteiger partial charge is 0.465 e. The van der Waals surface area contributed by atoms with Crippen molar-refractivity contribution in [2.45, 2.75) is 53.5 Å². The maximum atomic E-state index is 13.2. The van der Waals surface area contributed by atoms with Crippen LogP contribution in [0.4, 0.5) is 0 Å². The molecule has 8 heteroatoms. The first-order chi connectivity index (χ1) is 13.1. The van der Waals surface area contributed by atoms with Gasteiger partial charge in [0.2, 0.25) is 5.91 Å². The van der Waals surface area contributed by atoms with Crippen LogP contribution in [0.15, 0.2) is 0 Å². The summed E-state index contributed by atoms with van der Waals surface area (Å²) in [4.78, 5) is 50.1. The highest BCUT2D eigenvalue weighted by Crippen LogP contribution is 2.23. The van der Waals surface area contributed by atoms with E-state index >= 15 is 0 Å². The van der Waals surface area contributed by atoms with Gasteiger partial charge in [-0.15, -0.1) is 0 Å². The minimum atomic E-state index is -0.617. The van der Waals surface area contributed by atoms with Crippen LogP contribution in [0.1, 0.15) is 72.9 Å². The first kappa shape index (κ1) is 21.8. The van der Waals surface area contributed by atoms with Gasteiger partial charge in [0, 0.05) is 31.6 Å². The van der Waals surface area contributed by atoms with Crippen molar-refractivity contribution in [1.82, 2.24) is 19.8 Å². The van der Waals surface area contributed by atoms with Crippen LogP contribution in [0.25, 0.3) is 0 Å². The van der Waals surface area contributed by atoms with Crippen LogP contribution in [-0.2, 0) is 9.53 Å². The molecular formula is C20H30N4O4. The maximum absolute atomic E-state index is 13.2. The molecule has 1 aliphatic rings. The normalized spacial score (nSPS) is 17.2. The average molecular weight is 390 g/mol. The van der Waals surface area contributed by atoms with Gasteiger partial charge in [-0.2, -0.15) is 0 Å². The van der Waals surface area contributed by atoms with E-state index in [1.807, 2.05) is 34.6 Å². The van der Waals surface area contributed by atoms with Crippen molar-refractivity contribution in [3.8, 4) is 0 Å². The molecule has 0 aromatic carbocycles. The molecule has 1 fully saturated rings. The lowest BCUT2D eigenvalue weighted by molar-refractivity contribution is -0.138. The Labute approximate surface area is 166 Å². The van der Waals surface area contributed by atoms with E-state index in [9.17, 15) is 14.4 Å². The Morgan fingerprint density at radius 1 is 1.11 bits per heavy atom. The second-order valence-corrected chi connectivity index (χ2v) is 7.81. The van der Waals surface area contributed by atoms with Gasteiger partial charge in [0.05, 0.1) is 12.8 Å². The van der Waals surface area contributed by atoms with Gasteiger partial charge in [-0.3, -0.25) is 9.59 Å². The fourth-order valence-electron chi connectivity index (χ4n) is 3.42. The fourth-order valence-corrected chi connectivity index (χ4v) is 3.42. The van der Waals surface area contributed by atoms with Gasteiger partial charge < -0.3 is 14.5 Å². The average Bonchev–Trinajstić information content (AvgIpc) is 2.65. The second kappa shape index (κ2) is 8.67. The van der Waals surface area contributed by atoms with E-state index in [-0.39, 0.29) is 40.9 Å². The molecule has 1 aromatic rings. The number of aromatic nitrogens is 2. The number of carbonyl (C=O) groups excluding carboxylic acids is 3. The van der Waals surface area contributed by atoms with Gasteiger partial charge >= 0.3 is 5.97 Å². The summed E-state index contributed by atoms with van der Waals surface area (Å²) in [6, 6.07) is -0.110. The molecule has 1 unspecified atom stereocenters. The summed E-state index contributed by atoms with van der Waals surface area (Å²) in [5.74, 6) is -0.600. The van der Waals surface area contributed by atoms with Crippen LogP contribution < -0.4 is 0 Å². The quantitative estimate of drug-likeness (QED) is 0.731. The van der Waals surface area contributed by atoms with Gasteiger partial charge in [-0.1, -0.05) is 27.7 Å². The summed E-state index contributed by atoms with van der Waals surface area (Å²) in [7, 11) is 1.28. The molecule has 0 bridgehead atoms. The van der Waals surface area contributed by atoms with Crippen molar-refractivity contribution >= 4 is 17.8 Å². The number of hydrogen-bond acceptors (Lipinski definition) is 6. The minimum absolute atomic E-state index is 0.0678. The van der Waals surface area contributed by atoms with Crippen molar-refractivity contribution in [2.24, 2.45) is 5.92 Å². The topological polar surface area (TPSA) is 92.7 Å². The number of carbonyl (C=O) groups is 3. The third-order valence-electron chi connectivity index (χ3n) is 4.88. The van der Waals surface area contributed by atoms with E-state index in [4.69, 9.17) is 4.74 Å². The molecule has 0 aliphatic carbocycles. The van der Waals surface area contributed by atoms with Gasteiger partial charge in [-0.05, 0) is 19.8 Å². The highest BCUT2D eigenvalue weighted by Gasteiger charge is 2.34.